The molecule has 2 aromatic heterocycles. The maximum absolute atomic E-state index is 12.0. The fourth-order valence-corrected chi connectivity index (χ4v) is 1.96. The molecule has 0 saturated heterocycles. The van der Waals surface area contributed by atoms with Crippen molar-refractivity contribution in [3.8, 4) is 0 Å². The smallest absolute Gasteiger partial charge is 0.251 e. The molecule has 0 spiro atoms. The van der Waals surface area contributed by atoms with Crippen molar-refractivity contribution < 1.29 is 9.21 Å². The molecule has 0 bridgehead atoms. The third-order valence-electron chi connectivity index (χ3n) is 2.73. The van der Waals surface area contributed by atoms with Crippen LogP contribution in [0.3, 0.4) is 0 Å². The Labute approximate surface area is 113 Å². The van der Waals surface area contributed by atoms with Gasteiger partial charge in [0.25, 0.3) is 5.91 Å². The number of nitrogens with one attached hydrogen (secondary N) is 2. The lowest BCUT2D eigenvalue weighted by Crippen LogP contribution is -2.22. The Morgan fingerprint density at radius 2 is 2.26 bits per heavy atom. The van der Waals surface area contributed by atoms with Crippen LogP contribution in [-0.4, -0.2) is 15.9 Å². The van der Waals surface area contributed by atoms with E-state index in [0.717, 1.165) is 11.0 Å². The van der Waals surface area contributed by atoms with Crippen LogP contribution < -0.4 is 5.32 Å². The van der Waals surface area contributed by atoms with Gasteiger partial charge in [0.15, 0.2) is 5.22 Å². The Balaban J connectivity index is 1.72. The summed E-state index contributed by atoms with van der Waals surface area (Å²) in [6, 6.07) is 8.64. The van der Waals surface area contributed by atoms with Gasteiger partial charge in [0.05, 0.1) is 23.9 Å². The van der Waals surface area contributed by atoms with Crippen molar-refractivity contribution in [2.75, 3.05) is 0 Å². The SMILES string of the molecule is O=C(NCc1ccc(Cl)o1)c1ccc2nc[nH]c2c1. The molecule has 0 radical (unpaired) electrons. The van der Waals surface area contributed by atoms with Crippen LogP contribution >= 0.6 is 11.6 Å². The summed E-state index contributed by atoms with van der Waals surface area (Å²) in [6.45, 7) is 0.298. The molecule has 0 atom stereocenters. The number of hydrogen-bond donors (Lipinski definition) is 2. The van der Waals surface area contributed by atoms with Crippen LogP contribution in [0.5, 0.6) is 0 Å². The summed E-state index contributed by atoms with van der Waals surface area (Å²) in [7, 11) is 0. The number of H-pyrrole nitrogens is 1. The van der Waals surface area contributed by atoms with E-state index in [9.17, 15) is 4.79 Å². The maximum Gasteiger partial charge on any atom is 0.251 e. The topological polar surface area (TPSA) is 70.9 Å². The summed E-state index contributed by atoms with van der Waals surface area (Å²) in [4.78, 5) is 19.0. The maximum atomic E-state index is 12.0. The lowest BCUT2D eigenvalue weighted by molar-refractivity contribution is 0.0948. The minimum atomic E-state index is -0.177. The van der Waals surface area contributed by atoms with Gasteiger partial charge < -0.3 is 14.7 Å². The molecule has 6 heteroatoms. The van der Waals surface area contributed by atoms with Crippen LogP contribution in [0.25, 0.3) is 11.0 Å². The Hall–Kier alpha value is -2.27. The van der Waals surface area contributed by atoms with E-state index in [4.69, 9.17) is 16.0 Å². The molecule has 1 aromatic carbocycles. The second-order valence-electron chi connectivity index (χ2n) is 4.02. The number of carbonyl (C=O) groups is 1. The number of imidazole rings is 1. The second-order valence-corrected chi connectivity index (χ2v) is 4.40. The number of furan rings is 1. The zero-order valence-electron chi connectivity index (χ0n) is 9.81. The zero-order chi connectivity index (χ0) is 13.2. The summed E-state index contributed by atoms with van der Waals surface area (Å²) in [5, 5.41) is 3.07. The van der Waals surface area contributed by atoms with Crippen molar-refractivity contribution in [3.05, 3.63) is 53.2 Å². The van der Waals surface area contributed by atoms with Crippen LogP contribution in [0, 0.1) is 0 Å². The van der Waals surface area contributed by atoms with Crippen molar-refractivity contribution in [3.63, 3.8) is 0 Å². The minimum Gasteiger partial charge on any atom is -0.448 e. The van der Waals surface area contributed by atoms with Crippen LogP contribution in [0.1, 0.15) is 16.1 Å². The van der Waals surface area contributed by atoms with Crippen molar-refractivity contribution >= 4 is 28.5 Å². The number of rotatable bonds is 3. The van der Waals surface area contributed by atoms with Gasteiger partial charge in [-0.2, -0.15) is 0 Å². The van der Waals surface area contributed by atoms with Crippen molar-refractivity contribution in [1.82, 2.24) is 15.3 Å². The third kappa shape index (κ3) is 2.46. The molecule has 3 aromatic rings. The Morgan fingerprint density at radius 3 is 3.05 bits per heavy atom. The first kappa shape index (κ1) is 11.8. The van der Waals surface area contributed by atoms with Crippen LogP contribution in [0.15, 0.2) is 41.1 Å². The first-order valence-corrected chi connectivity index (χ1v) is 6.06. The number of carbonyl (C=O) groups excluding carboxylic acids is 1. The average molecular weight is 276 g/mol. The molecular formula is C13H10ClN3O2. The monoisotopic (exact) mass is 275 g/mol. The number of aromatic amines is 1. The summed E-state index contributed by atoms with van der Waals surface area (Å²) in [5.74, 6) is 0.435. The summed E-state index contributed by atoms with van der Waals surface area (Å²) < 4.78 is 5.16. The molecule has 19 heavy (non-hydrogen) atoms. The lowest BCUT2D eigenvalue weighted by atomic mass is 10.2. The average Bonchev–Trinajstić information content (AvgIpc) is 3.03. The van der Waals surface area contributed by atoms with Gasteiger partial charge >= 0.3 is 0 Å². The highest BCUT2D eigenvalue weighted by molar-refractivity contribution is 6.28. The summed E-state index contributed by atoms with van der Waals surface area (Å²) in [6.07, 6.45) is 1.59. The predicted molar refractivity (Wildman–Crippen MR) is 71.0 cm³/mol. The predicted octanol–water partition coefficient (Wildman–Crippen LogP) is 2.74. The van der Waals surface area contributed by atoms with Gasteiger partial charge in [0.1, 0.15) is 5.76 Å². The normalized spacial score (nSPS) is 10.8. The van der Waals surface area contributed by atoms with Crippen LogP contribution in [0.2, 0.25) is 5.22 Å². The van der Waals surface area contributed by atoms with E-state index in [2.05, 4.69) is 15.3 Å². The summed E-state index contributed by atoms with van der Waals surface area (Å²) >= 11 is 5.66. The molecule has 0 unspecified atom stereocenters. The van der Waals surface area contributed by atoms with Gasteiger partial charge in [-0.3, -0.25) is 4.79 Å². The van der Waals surface area contributed by atoms with E-state index in [1.54, 1.807) is 36.7 Å². The van der Waals surface area contributed by atoms with Gasteiger partial charge in [0.2, 0.25) is 0 Å². The molecule has 0 aliphatic carbocycles. The highest BCUT2D eigenvalue weighted by Crippen LogP contribution is 2.14. The molecule has 2 N–H and O–H groups in total. The van der Waals surface area contributed by atoms with Gasteiger partial charge in [-0.15, -0.1) is 0 Å². The molecule has 0 saturated carbocycles. The fourth-order valence-electron chi connectivity index (χ4n) is 1.79. The lowest BCUT2D eigenvalue weighted by Gasteiger charge is -2.03. The molecule has 96 valence electrons. The zero-order valence-corrected chi connectivity index (χ0v) is 10.6. The van der Waals surface area contributed by atoms with Gasteiger partial charge in [-0.25, -0.2) is 4.98 Å². The van der Waals surface area contributed by atoms with E-state index < -0.39 is 0 Å². The highest BCUT2D eigenvalue weighted by Gasteiger charge is 2.08. The number of aromatic nitrogens is 2. The highest BCUT2D eigenvalue weighted by atomic mass is 35.5. The van der Waals surface area contributed by atoms with Crippen molar-refractivity contribution in [2.24, 2.45) is 0 Å². The number of hydrogen-bond acceptors (Lipinski definition) is 3. The second kappa shape index (κ2) is 4.78. The van der Waals surface area contributed by atoms with Crippen LogP contribution in [0.4, 0.5) is 0 Å². The van der Waals surface area contributed by atoms with E-state index in [0.29, 0.717) is 23.1 Å². The molecule has 0 fully saturated rings. The van der Waals surface area contributed by atoms with Crippen LogP contribution in [-0.2, 0) is 6.54 Å². The van der Waals surface area contributed by atoms with E-state index >= 15 is 0 Å². The van der Waals surface area contributed by atoms with Gasteiger partial charge in [0, 0.05) is 5.56 Å². The number of nitrogens with zero attached hydrogens (tertiary/aromatic N) is 1. The van der Waals surface area contributed by atoms with E-state index in [-0.39, 0.29) is 5.91 Å². The largest absolute Gasteiger partial charge is 0.448 e. The Kier molecular flexibility index (Phi) is 2.97. The summed E-state index contributed by atoms with van der Waals surface area (Å²) in [5.41, 5.74) is 2.22. The Bertz CT molecular complexity index is 732. The van der Waals surface area contributed by atoms with Gasteiger partial charge in [-0.05, 0) is 41.9 Å². The molecular weight excluding hydrogens is 266 g/mol. The molecule has 0 aliphatic heterocycles. The molecule has 2 heterocycles. The Morgan fingerprint density at radius 1 is 1.37 bits per heavy atom. The molecule has 5 nitrogen and oxygen atoms in total. The molecule has 0 aliphatic rings. The fraction of sp³-hybridized carbons (Fsp3) is 0.0769. The number of amides is 1. The van der Waals surface area contributed by atoms with Gasteiger partial charge in [-0.1, -0.05) is 0 Å². The van der Waals surface area contributed by atoms with Crippen molar-refractivity contribution in [2.45, 2.75) is 6.54 Å². The first-order chi connectivity index (χ1) is 9.22. The van der Waals surface area contributed by atoms with E-state index in [1.165, 1.54) is 0 Å². The first-order valence-electron chi connectivity index (χ1n) is 5.68. The standard InChI is InChI=1S/C13H10ClN3O2/c14-12-4-2-9(19-12)6-15-13(18)8-1-3-10-11(5-8)17-7-16-10/h1-5,7H,6H2,(H,15,18)(H,16,17). The number of benzene rings is 1. The number of fused-ring (bicyclic) bond motifs is 1. The number of halogens is 1. The minimum absolute atomic E-state index is 0.177. The van der Waals surface area contributed by atoms with Crippen molar-refractivity contribution in [1.29, 1.82) is 0 Å². The van der Waals surface area contributed by atoms with E-state index in [1.807, 2.05) is 0 Å². The molecule has 3 rings (SSSR count). The quantitative estimate of drug-likeness (QED) is 0.772. The molecule has 1 amide bonds. The third-order valence-corrected chi connectivity index (χ3v) is 2.94.